The number of hydrogen-bond acceptors (Lipinski definition) is 3. The molecule has 1 saturated heterocycles. The van der Waals surface area contributed by atoms with Gasteiger partial charge in [0.15, 0.2) is 0 Å². The average molecular weight is 308 g/mol. The van der Waals surface area contributed by atoms with Gasteiger partial charge in [-0.1, -0.05) is 26.1 Å². The second-order valence-corrected chi connectivity index (χ2v) is 5.66. The van der Waals surface area contributed by atoms with Crippen molar-refractivity contribution in [3.63, 3.8) is 0 Å². The summed E-state index contributed by atoms with van der Waals surface area (Å²) in [5.41, 5.74) is 5.38. The van der Waals surface area contributed by atoms with Crippen molar-refractivity contribution >= 4 is 34.7 Å². The van der Waals surface area contributed by atoms with E-state index in [1.807, 2.05) is 13.8 Å². The molecule has 21 heavy (non-hydrogen) atoms. The number of halogens is 1. The Bertz CT molecular complexity index is 626. The number of anilines is 1. The van der Waals surface area contributed by atoms with Crippen molar-refractivity contribution in [2.75, 3.05) is 4.90 Å². The smallest absolute Gasteiger partial charge is 0.240 e. The molecule has 4 nitrogen and oxygen atoms in total. The molecule has 1 heterocycles. The van der Waals surface area contributed by atoms with Crippen LogP contribution in [-0.2, 0) is 9.59 Å². The maximum Gasteiger partial charge on any atom is 0.240 e. The third-order valence-corrected chi connectivity index (χ3v) is 4.43. The summed E-state index contributed by atoms with van der Waals surface area (Å²) >= 11 is 4.90. The zero-order valence-electron chi connectivity index (χ0n) is 12.0. The van der Waals surface area contributed by atoms with E-state index in [1.54, 1.807) is 0 Å². The summed E-state index contributed by atoms with van der Waals surface area (Å²) in [4.78, 5) is 26.0. The number of thiocarbonyl (C=S) groups is 1. The molecular weight excluding hydrogens is 291 g/mol. The van der Waals surface area contributed by atoms with Crippen LogP contribution < -0.4 is 10.6 Å². The summed E-state index contributed by atoms with van der Waals surface area (Å²) in [6.07, 6.45) is 1.31. The third kappa shape index (κ3) is 2.44. The standard InChI is InChI=1S/C15H17FN2O2S/c1-3-15(4-2)8-12(19)18(14(15)20)11-6-5-9(16)7-10(11)13(17)21/h5-7H,3-4,8H2,1-2H3,(H2,17,21). The normalized spacial score (nSPS) is 17.4. The first-order valence-electron chi connectivity index (χ1n) is 6.83. The lowest BCUT2D eigenvalue weighted by Gasteiger charge is -2.24. The molecule has 2 amide bonds. The van der Waals surface area contributed by atoms with E-state index in [2.05, 4.69) is 0 Å². The minimum Gasteiger partial charge on any atom is -0.389 e. The lowest BCUT2D eigenvalue weighted by Crippen LogP contribution is -2.36. The van der Waals surface area contributed by atoms with Crippen LogP contribution in [-0.4, -0.2) is 16.8 Å². The number of carbonyl (C=O) groups excluding carboxylic acids is 2. The van der Waals surface area contributed by atoms with Crippen molar-refractivity contribution in [3.05, 3.63) is 29.6 Å². The number of amides is 2. The zero-order chi connectivity index (χ0) is 15.8. The zero-order valence-corrected chi connectivity index (χ0v) is 12.8. The summed E-state index contributed by atoms with van der Waals surface area (Å²) in [5.74, 6) is -1.08. The Labute approximate surface area is 128 Å². The predicted octanol–water partition coefficient (Wildman–Crippen LogP) is 2.53. The van der Waals surface area contributed by atoms with Crippen LogP contribution >= 0.6 is 12.2 Å². The van der Waals surface area contributed by atoms with Crippen LogP contribution in [0.25, 0.3) is 0 Å². The minimum atomic E-state index is -0.682. The number of hydrogen-bond donors (Lipinski definition) is 1. The highest BCUT2D eigenvalue weighted by Crippen LogP contribution is 2.42. The maximum absolute atomic E-state index is 13.4. The van der Waals surface area contributed by atoms with Gasteiger partial charge < -0.3 is 5.73 Å². The lowest BCUT2D eigenvalue weighted by atomic mass is 9.81. The summed E-state index contributed by atoms with van der Waals surface area (Å²) in [6, 6.07) is 3.71. The van der Waals surface area contributed by atoms with Gasteiger partial charge in [0.05, 0.1) is 11.1 Å². The molecule has 1 aromatic carbocycles. The van der Waals surface area contributed by atoms with Crippen molar-refractivity contribution in [1.29, 1.82) is 0 Å². The molecule has 0 aliphatic carbocycles. The van der Waals surface area contributed by atoms with Crippen LogP contribution in [0.4, 0.5) is 10.1 Å². The van der Waals surface area contributed by atoms with Crippen molar-refractivity contribution in [3.8, 4) is 0 Å². The van der Waals surface area contributed by atoms with Crippen molar-refractivity contribution in [1.82, 2.24) is 0 Å². The fraction of sp³-hybridized carbons (Fsp3) is 0.400. The van der Waals surface area contributed by atoms with E-state index in [-0.39, 0.29) is 34.5 Å². The molecule has 2 rings (SSSR count). The van der Waals surface area contributed by atoms with Crippen molar-refractivity contribution < 1.29 is 14.0 Å². The molecule has 1 aliphatic heterocycles. The largest absolute Gasteiger partial charge is 0.389 e. The molecule has 0 spiro atoms. The van der Waals surface area contributed by atoms with Crippen LogP contribution in [0.2, 0.25) is 0 Å². The average Bonchev–Trinajstić information content (AvgIpc) is 2.70. The van der Waals surface area contributed by atoms with E-state index in [9.17, 15) is 14.0 Å². The van der Waals surface area contributed by atoms with Gasteiger partial charge in [-0.05, 0) is 31.0 Å². The molecule has 0 bridgehead atoms. The molecule has 2 N–H and O–H groups in total. The molecule has 0 aromatic heterocycles. The summed E-state index contributed by atoms with van der Waals surface area (Å²) in [6.45, 7) is 3.77. The van der Waals surface area contributed by atoms with Gasteiger partial charge in [0.2, 0.25) is 11.8 Å². The molecule has 0 atom stereocenters. The lowest BCUT2D eigenvalue weighted by molar-refractivity contribution is -0.126. The van der Waals surface area contributed by atoms with E-state index < -0.39 is 11.2 Å². The van der Waals surface area contributed by atoms with Gasteiger partial charge in [0.25, 0.3) is 0 Å². The molecule has 1 aliphatic rings. The Kier molecular flexibility index (Phi) is 4.09. The molecule has 6 heteroatoms. The SMILES string of the molecule is CCC1(CC)CC(=O)N(c2ccc(F)cc2C(N)=S)C1=O. The molecule has 1 aromatic rings. The topological polar surface area (TPSA) is 63.4 Å². The Morgan fingerprint density at radius 3 is 2.48 bits per heavy atom. The van der Waals surface area contributed by atoms with E-state index in [0.29, 0.717) is 12.8 Å². The Hall–Kier alpha value is -1.82. The van der Waals surface area contributed by atoms with E-state index in [4.69, 9.17) is 18.0 Å². The number of carbonyl (C=O) groups is 2. The molecule has 1 fully saturated rings. The molecule has 0 saturated carbocycles. The highest BCUT2D eigenvalue weighted by molar-refractivity contribution is 7.80. The van der Waals surface area contributed by atoms with E-state index in [0.717, 1.165) is 11.0 Å². The third-order valence-electron chi connectivity index (χ3n) is 4.21. The van der Waals surface area contributed by atoms with Crippen LogP contribution in [0, 0.1) is 11.2 Å². The molecule has 112 valence electrons. The summed E-state index contributed by atoms with van der Waals surface area (Å²) in [7, 11) is 0. The maximum atomic E-state index is 13.4. The summed E-state index contributed by atoms with van der Waals surface area (Å²) < 4.78 is 13.4. The van der Waals surface area contributed by atoms with Crippen molar-refractivity contribution in [2.24, 2.45) is 11.1 Å². The fourth-order valence-corrected chi connectivity index (χ4v) is 2.90. The molecule has 0 radical (unpaired) electrons. The number of nitrogens with zero attached hydrogens (tertiary/aromatic N) is 1. The number of rotatable bonds is 4. The summed E-state index contributed by atoms with van der Waals surface area (Å²) in [5, 5.41) is 0. The van der Waals surface area contributed by atoms with Gasteiger partial charge in [-0.2, -0.15) is 0 Å². The number of imide groups is 1. The van der Waals surface area contributed by atoms with Crippen LogP contribution in [0.3, 0.4) is 0 Å². The Morgan fingerprint density at radius 1 is 1.38 bits per heavy atom. The number of nitrogens with two attached hydrogens (primary N) is 1. The Morgan fingerprint density at radius 2 is 2.00 bits per heavy atom. The van der Waals surface area contributed by atoms with Crippen LogP contribution in [0.1, 0.15) is 38.7 Å². The van der Waals surface area contributed by atoms with Gasteiger partial charge in [-0.25, -0.2) is 9.29 Å². The van der Waals surface area contributed by atoms with E-state index in [1.165, 1.54) is 12.1 Å². The van der Waals surface area contributed by atoms with Gasteiger partial charge in [-0.15, -0.1) is 0 Å². The van der Waals surface area contributed by atoms with Gasteiger partial charge in [0, 0.05) is 12.0 Å². The fourth-order valence-electron chi connectivity index (χ4n) is 2.74. The number of benzene rings is 1. The quantitative estimate of drug-likeness (QED) is 0.686. The predicted molar refractivity (Wildman–Crippen MR) is 82.4 cm³/mol. The van der Waals surface area contributed by atoms with Crippen LogP contribution in [0.5, 0.6) is 0 Å². The van der Waals surface area contributed by atoms with Crippen molar-refractivity contribution in [2.45, 2.75) is 33.1 Å². The monoisotopic (exact) mass is 308 g/mol. The van der Waals surface area contributed by atoms with Gasteiger partial charge in [0.1, 0.15) is 10.8 Å². The highest BCUT2D eigenvalue weighted by atomic mass is 32.1. The second kappa shape index (κ2) is 5.52. The highest BCUT2D eigenvalue weighted by Gasteiger charge is 2.50. The first-order chi connectivity index (χ1) is 9.86. The van der Waals surface area contributed by atoms with Crippen LogP contribution in [0.15, 0.2) is 18.2 Å². The second-order valence-electron chi connectivity index (χ2n) is 5.22. The minimum absolute atomic E-state index is 0.0457. The Balaban J connectivity index is 2.55. The first-order valence-corrected chi connectivity index (χ1v) is 7.24. The molecular formula is C15H17FN2O2S. The van der Waals surface area contributed by atoms with Gasteiger partial charge >= 0.3 is 0 Å². The van der Waals surface area contributed by atoms with E-state index >= 15 is 0 Å². The molecule has 0 unspecified atom stereocenters. The van der Waals surface area contributed by atoms with Gasteiger partial charge in [-0.3, -0.25) is 9.59 Å². The first kappa shape index (κ1) is 15.6.